The highest BCUT2D eigenvalue weighted by atomic mass is 16.5. The van der Waals surface area contributed by atoms with Crippen molar-refractivity contribution in [1.82, 2.24) is 0 Å². The maximum absolute atomic E-state index is 6.41. The first-order chi connectivity index (χ1) is 8.54. The highest BCUT2D eigenvalue weighted by molar-refractivity contribution is 5.45. The number of rotatable bonds is 3. The zero-order valence-electron chi connectivity index (χ0n) is 11.7. The summed E-state index contributed by atoms with van der Waals surface area (Å²) in [5.74, 6) is 1.38. The summed E-state index contributed by atoms with van der Waals surface area (Å²) in [6, 6.07) is 4.08. The molecule has 1 aromatic carbocycles. The van der Waals surface area contributed by atoms with Gasteiger partial charge in [0.1, 0.15) is 5.75 Å². The zero-order valence-corrected chi connectivity index (χ0v) is 11.7. The van der Waals surface area contributed by atoms with E-state index in [1.165, 1.54) is 11.1 Å². The maximum atomic E-state index is 6.41. The number of hydrogen-bond donors (Lipinski definition) is 1. The lowest BCUT2D eigenvalue weighted by Gasteiger charge is -2.26. The number of aryl methyl sites for hydroxylation is 2. The molecule has 0 aromatic heterocycles. The highest BCUT2D eigenvalue weighted by Gasteiger charge is 2.33. The number of benzene rings is 1. The predicted molar refractivity (Wildman–Crippen MR) is 72.9 cm³/mol. The molecule has 1 fully saturated rings. The van der Waals surface area contributed by atoms with Gasteiger partial charge in [-0.2, -0.15) is 0 Å². The maximum Gasteiger partial charge on any atom is 0.124 e. The summed E-state index contributed by atoms with van der Waals surface area (Å²) in [5.41, 5.74) is 9.88. The normalized spacial score (nSPS) is 25.2. The highest BCUT2D eigenvalue weighted by Crippen LogP contribution is 2.36. The van der Waals surface area contributed by atoms with Gasteiger partial charge in [-0.1, -0.05) is 13.0 Å². The van der Waals surface area contributed by atoms with E-state index in [1.54, 1.807) is 7.11 Å². The van der Waals surface area contributed by atoms with E-state index in [0.29, 0.717) is 5.92 Å². The van der Waals surface area contributed by atoms with Crippen molar-refractivity contribution in [1.29, 1.82) is 0 Å². The Morgan fingerprint density at radius 1 is 1.39 bits per heavy atom. The van der Waals surface area contributed by atoms with Gasteiger partial charge in [-0.15, -0.1) is 0 Å². The van der Waals surface area contributed by atoms with Gasteiger partial charge in [0.05, 0.1) is 19.3 Å². The van der Waals surface area contributed by atoms with Gasteiger partial charge in [0.2, 0.25) is 0 Å². The molecule has 18 heavy (non-hydrogen) atoms. The molecular weight excluding hydrogens is 226 g/mol. The SMILES string of the molecule is COc1cc(C)cc(C)c1C(N)C1OCCC1C. The van der Waals surface area contributed by atoms with Crippen LogP contribution in [0.15, 0.2) is 12.1 Å². The van der Waals surface area contributed by atoms with Crippen molar-refractivity contribution < 1.29 is 9.47 Å². The number of methoxy groups -OCH3 is 1. The summed E-state index contributed by atoms with van der Waals surface area (Å²) in [7, 11) is 1.70. The average Bonchev–Trinajstić information content (AvgIpc) is 2.73. The van der Waals surface area contributed by atoms with Crippen LogP contribution < -0.4 is 10.5 Å². The average molecular weight is 249 g/mol. The van der Waals surface area contributed by atoms with Crippen LogP contribution in [0, 0.1) is 19.8 Å². The Hall–Kier alpha value is -1.06. The third-order valence-electron chi connectivity index (χ3n) is 3.84. The minimum Gasteiger partial charge on any atom is -0.496 e. The summed E-state index contributed by atoms with van der Waals surface area (Å²) in [4.78, 5) is 0. The molecule has 1 aromatic rings. The first-order valence-electron chi connectivity index (χ1n) is 6.57. The Labute approximate surface area is 109 Å². The molecule has 100 valence electrons. The van der Waals surface area contributed by atoms with Gasteiger partial charge in [0.25, 0.3) is 0 Å². The first-order valence-corrected chi connectivity index (χ1v) is 6.57. The quantitative estimate of drug-likeness (QED) is 0.895. The molecule has 3 unspecified atom stereocenters. The van der Waals surface area contributed by atoms with Gasteiger partial charge in [-0.3, -0.25) is 0 Å². The molecule has 2 rings (SSSR count). The Morgan fingerprint density at radius 2 is 2.11 bits per heavy atom. The van der Waals surface area contributed by atoms with E-state index in [4.69, 9.17) is 15.2 Å². The standard InChI is InChI=1S/C15H23NO2/c1-9-7-11(3)13(12(8-9)17-4)14(16)15-10(2)5-6-18-15/h7-8,10,14-15H,5-6,16H2,1-4H3. The van der Waals surface area contributed by atoms with Gasteiger partial charge in [-0.25, -0.2) is 0 Å². The minimum absolute atomic E-state index is 0.0975. The van der Waals surface area contributed by atoms with E-state index in [2.05, 4.69) is 26.8 Å². The molecular formula is C15H23NO2. The number of hydrogen-bond acceptors (Lipinski definition) is 3. The van der Waals surface area contributed by atoms with Crippen LogP contribution in [0.1, 0.15) is 36.1 Å². The third kappa shape index (κ3) is 2.38. The second-order valence-corrected chi connectivity index (χ2v) is 5.32. The van der Waals surface area contributed by atoms with Crippen molar-refractivity contribution in [2.75, 3.05) is 13.7 Å². The second-order valence-electron chi connectivity index (χ2n) is 5.32. The van der Waals surface area contributed by atoms with E-state index >= 15 is 0 Å². The van der Waals surface area contributed by atoms with Crippen molar-refractivity contribution in [3.05, 3.63) is 28.8 Å². The van der Waals surface area contributed by atoms with Gasteiger partial charge in [0, 0.05) is 12.2 Å². The summed E-state index contributed by atoms with van der Waals surface area (Å²) in [6.45, 7) is 7.17. The van der Waals surface area contributed by atoms with Crippen molar-refractivity contribution >= 4 is 0 Å². The fourth-order valence-electron chi connectivity index (χ4n) is 2.88. The first kappa shape index (κ1) is 13.4. The van der Waals surface area contributed by atoms with Crippen LogP contribution in [-0.2, 0) is 4.74 Å². The molecule has 0 bridgehead atoms. The summed E-state index contributed by atoms with van der Waals surface area (Å²) >= 11 is 0. The molecule has 1 saturated heterocycles. The Balaban J connectivity index is 2.37. The van der Waals surface area contributed by atoms with Crippen molar-refractivity contribution in [3.8, 4) is 5.75 Å². The molecule has 3 atom stereocenters. The smallest absolute Gasteiger partial charge is 0.124 e. The molecule has 1 heterocycles. The topological polar surface area (TPSA) is 44.5 Å². The van der Waals surface area contributed by atoms with Gasteiger partial charge in [0.15, 0.2) is 0 Å². The summed E-state index contributed by atoms with van der Waals surface area (Å²) in [5, 5.41) is 0. The predicted octanol–water partition coefficient (Wildman–Crippen LogP) is 2.74. The molecule has 0 aliphatic carbocycles. The van der Waals surface area contributed by atoms with Crippen LogP contribution >= 0.6 is 0 Å². The molecule has 3 heteroatoms. The minimum atomic E-state index is -0.113. The lowest BCUT2D eigenvalue weighted by molar-refractivity contribution is 0.0716. The monoisotopic (exact) mass is 249 g/mol. The van der Waals surface area contributed by atoms with Crippen molar-refractivity contribution in [2.45, 2.75) is 39.3 Å². The van der Waals surface area contributed by atoms with Gasteiger partial charge in [-0.05, 0) is 43.4 Å². The van der Waals surface area contributed by atoms with Crippen LogP contribution in [0.5, 0.6) is 5.75 Å². The van der Waals surface area contributed by atoms with Gasteiger partial charge >= 0.3 is 0 Å². The largest absolute Gasteiger partial charge is 0.496 e. The zero-order chi connectivity index (χ0) is 13.3. The van der Waals surface area contributed by atoms with E-state index in [-0.39, 0.29) is 12.1 Å². The summed E-state index contributed by atoms with van der Waals surface area (Å²) < 4.78 is 11.3. The second kappa shape index (κ2) is 5.29. The van der Waals surface area contributed by atoms with E-state index in [9.17, 15) is 0 Å². The van der Waals surface area contributed by atoms with Crippen LogP contribution in [0.25, 0.3) is 0 Å². The van der Waals surface area contributed by atoms with E-state index < -0.39 is 0 Å². The number of nitrogens with two attached hydrogens (primary N) is 1. The summed E-state index contributed by atoms with van der Waals surface area (Å²) in [6.07, 6.45) is 1.19. The molecule has 0 spiro atoms. The van der Waals surface area contributed by atoms with E-state index in [0.717, 1.165) is 24.3 Å². The Kier molecular flexibility index (Phi) is 3.93. The van der Waals surface area contributed by atoms with Crippen LogP contribution in [0.4, 0.5) is 0 Å². The van der Waals surface area contributed by atoms with Crippen molar-refractivity contribution in [3.63, 3.8) is 0 Å². The van der Waals surface area contributed by atoms with Crippen LogP contribution in [-0.4, -0.2) is 19.8 Å². The third-order valence-corrected chi connectivity index (χ3v) is 3.84. The Bertz CT molecular complexity index is 431. The molecule has 1 aliphatic rings. The van der Waals surface area contributed by atoms with Crippen LogP contribution in [0.3, 0.4) is 0 Å². The molecule has 3 nitrogen and oxygen atoms in total. The molecule has 0 radical (unpaired) electrons. The molecule has 0 amide bonds. The lowest BCUT2D eigenvalue weighted by atomic mass is 9.89. The lowest BCUT2D eigenvalue weighted by Crippen LogP contribution is -2.30. The van der Waals surface area contributed by atoms with Gasteiger partial charge < -0.3 is 15.2 Å². The Morgan fingerprint density at radius 3 is 2.67 bits per heavy atom. The number of ether oxygens (including phenoxy) is 2. The molecule has 1 aliphatic heterocycles. The van der Waals surface area contributed by atoms with Crippen molar-refractivity contribution in [2.24, 2.45) is 11.7 Å². The fourth-order valence-corrected chi connectivity index (χ4v) is 2.88. The van der Waals surface area contributed by atoms with Crippen LogP contribution in [0.2, 0.25) is 0 Å². The fraction of sp³-hybridized carbons (Fsp3) is 0.600. The molecule has 2 N–H and O–H groups in total. The molecule has 0 saturated carbocycles. The van der Waals surface area contributed by atoms with E-state index in [1.807, 2.05) is 6.07 Å².